The molecule has 1 aliphatic heterocycles. The summed E-state index contributed by atoms with van der Waals surface area (Å²) in [7, 11) is -0.311. The topological polar surface area (TPSA) is 143 Å². The molecule has 0 radical (unpaired) electrons. The highest BCUT2D eigenvalue weighted by Gasteiger charge is 2.21. The number of hydroxylamine groups is 1. The van der Waals surface area contributed by atoms with E-state index >= 15 is 0 Å². The van der Waals surface area contributed by atoms with Gasteiger partial charge in [-0.2, -0.15) is 5.10 Å². The number of hydrogen-bond donors (Lipinski definition) is 3. The molecule has 204 valence electrons. The lowest BCUT2D eigenvalue weighted by Crippen LogP contribution is -2.36. The number of morpholine rings is 1. The monoisotopic (exact) mass is 544 g/mol. The van der Waals surface area contributed by atoms with E-state index in [-0.39, 0.29) is 12.2 Å². The normalized spacial score (nSPS) is 13.7. The van der Waals surface area contributed by atoms with Crippen LogP contribution in [0.15, 0.2) is 42.7 Å². The zero-order chi connectivity index (χ0) is 27.3. The molecule has 1 amide bonds. The molecular formula is C24H32N8O5S. The fourth-order valence-electron chi connectivity index (χ4n) is 3.86. The lowest BCUT2D eigenvalue weighted by atomic mass is 10.1. The Hall–Kier alpha value is -3.88. The van der Waals surface area contributed by atoms with Crippen LogP contribution in [0.2, 0.25) is 0 Å². The van der Waals surface area contributed by atoms with E-state index in [1.165, 1.54) is 17.5 Å². The highest BCUT2D eigenvalue weighted by atomic mass is 32.2. The molecule has 1 aromatic carbocycles. The molecule has 3 aromatic rings. The number of hydrogen-bond acceptors (Lipinski definition) is 10. The third kappa shape index (κ3) is 6.33. The highest BCUT2D eigenvalue weighted by Crippen LogP contribution is 2.35. The van der Waals surface area contributed by atoms with Crippen molar-refractivity contribution in [1.82, 2.24) is 20.2 Å². The number of aromatic nitrogens is 3. The summed E-state index contributed by atoms with van der Waals surface area (Å²) in [5.41, 5.74) is 4.76. The average molecular weight is 545 g/mol. The molecule has 38 heavy (non-hydrogen) atoms. The number of carbonyl (C=O) groups excluding carboxylic acids is 1. The van der Waals surface area contributed by atoms with Crippen LogP contribution < -0.4 is 25.3 Å². The van der Waals surface area contributed by atoms with Crippen molar-refractivity contribution in [2.24, 2.45) is 7.05 Å². The van der Waals surface area contributed by atoms with Gasteiger partial charge in [-0.05, 0) is 25.1 Å². The second-order valence-corrected chi connectivity index (χ2v) is 10.6. The molecule has 2 aromatic heterocycles. The van der Waals surface area contributed by atoms with Crippen molar-refractivity contribution in [2.75, 3.05) is 66.1 Å². The molecule has 0 atom stereocenters. The van der Waals surface area contributed by atoms with Crippen LogP contribution in [0.25, 0.3) is 0 Å². The number of aryl methyl sites for hydroxylation is 1. The van der Waals surface area contributed by atoms with Gasteiger partial charge in [-0.3, -0.25) is 18.6 Å². The predicted molar refractivity (Wildman–Crippen MR) is 146 cm³/mol. The Bertz CT molecular complexity index is 1390. The van der Waals surface area contributed by atoms with Gasteiger partial charge in [0.25, 0.3) is 5.91 Å². The first kappa shape index (κ1) is 27.2. The molecule has 1 saturated heterocycles. The minimum atomic E-state index is -3.59. The van der Waals surface area contributed by atoms with Crippen molar-refractivity contribution in [3.05, 3.63) is 48.3 Å². The summed E-state index contributed by atoms with van der Waals surface area (Å²) < 4.78 is 33.4. The lowest BCUT2D eigenvalue weighted by molar-refractivity contribution is 0.0365. The summed E-state index contributed by atoms with van der Waals surface area (Å²) in [5.74, 6) is 0.645. The number of anilines is 6. The largest absolute Gasteiger partial charge is 0.378 e. The van der Waals surface area contributed by atoms with E-state index in [9.17, 15) is 13.2 Å². The molecule has 0 unspecified atom stereocenters. The van der Waals surface area contributed by atoms with Gasteiger partial charge in [0.1, 0.15) is 11.6 Å². The van der Waals surface area contributed by atoms with Gasteiger partial charge in [0.15, 0.2) is 0 Å². The van der Waals surface area contributed by atoms with E-state index in [4.69, 9.17) is 9.57 Å². The van der Waals surface area contributed by atoms with E-state index in [1.54, 1.807) is 43.0 Å². The summed E-state index contributed by atoms with van der Waals surface area (Å²) in [6.07, 6.45) is 4.20. The number of sulfonamides is 1. The summed E-state index contributed by atoms with van der Waals surface area (Å²) in [4.78, 5) is 24.5. The molecule has 3 N–H and O–H groups in total. The van der Waals surface area contributed by atoms with Crippen LogP contribution in [0.1, 0.15) is 17.3 Å². The predicted octanol–water partition coefficient (Wildman–Crippen LogP) is 2.22. The van der Waals surface area contributed by atoms with Crippen molar-refractivity contribution in [1.29, 1.82) is 0 Å². The second kappa shape index (κ2) is 11.7. The van der Waals surface area contributed by atoms with E-state index in [0.29, 0.717) is 55.0 Å². The van der Waals surface area contributed by atoms with E-state index in [0.717, 1.165) is 11.9 Å². The first-order valence-electron chi connectivity index (χ1n) is 12.0. The molecule has 0 aliphatic carbocycles. The number of nitrogens with zero attached hydrogens (tertiary/aromatic N) is 5. The maximum Gasteiger partial charge on any atom is 0.278 e. The van der Waals surface area contributed by atoms with Crippen LogP contribution in [0.3, 0.4) is 0 Å². The van der Waals surface area contributed by atoms with Gasteiger partial charge < -0.3 is 20.3 Å². The Labute approximate surface area is 221 Å². The van der Waals surface area contributed by atoms with Gasteiger partial charge in [-0.15, -0.1) is 0 Å². The summed E-state index contributed by atoms with van der Waals surface area (Å²) in [6, 6.07) is 8.95. The Morgan fingerprint density at radius 3 is 2.58 bits per heavy atom. The lowest BCUT2D eigenvalue weighted by Gasteiger charge is -2.30. The number of amides is 1. The molecule has 1 fully saturated rings. The van der Waals surface area contributed by atoms with Gasteiger partial charge in [0.05, 0.1) is 54.9 Å². The van der Waals surface area contributed by atoms with Crippen LogP contribution in [0.4, 0.5) is 34.4 Å². The summed E-state index contributed by atoms with van der Waals surface area (Å²) in [5, 5.41) is 10.6. The Morgan fingerprint density at radius 2 is 1.92 bits per heavy atom. The third-order valence-corrected chi connectivity index (χ3v) is 7.19. The number of ether oxygens (including phenoxy) is 1. The fourth-order valence-corrected chi connectivity index (χ4v) is 4.37. The van der Waals surface area contributed by atoms with Gasteiger partial charge in [0.2, 0.25) is 10.0 Å². The molecular weight excluding hydrogens is 512 g/mol. The molecule has 3 heterocycles. The Morgan fingerprint density at radius 1 is 1.16 bits per heavy atom. The zero-order valence-electron chi connectivity index (χ0n) is 21.8. The second-order valence-electron chi connectivity index (χ2n) is 8.60. The third-order valence-electron chi connectivity index (χ3n) is 6.00. The highest BCUT2D eigenvalue weighted by molar-refractivity contribution is 7.92. The molecule has 14 heteroatoms. The maximum absolute atomic E-state index is 12.9. The van der Waals surface area contributed by atoms with Gasteiger partial charge >= 0.3 is 0 Å². The molecule has 0 spiro atoms. The van der Waals surface area contributed by atoms with E-state index in [1.807, 2.05) is 12.1 Å². The van der Waals surface area contributed by atoms with Gasteiger partial charge in [-0.1, -0.05) is 0 Å². The molecule has 13 nitrogen and oxygen atoms in total. The number of pyridine rings is 1. The van der Waals surface area contributed by atoms with Gasteiger partial charge in [0, 0.05) is 51.2 Å². The summed E-state index contributed by atoms with van der Waals surface area (Å²) >= 11 is 0. The average Bonchev–Trinajstić information content (AvgIpc) is 3.31. The van der Waals surface area contributed by atoms with Crippen LogP contribution in [-0.2, 0) is 26.6 Å². The standard InChI is InChI=1S/C24H32N8O5S/c1-5-37-29-24(33)18-16-25-22(28-23-8-9-26-30(23)2)15-20(18)27-19-7-6-17(32-10-12-36-13-11-32)14-21(19)31(3)38(4,34)35/h6-9,14-16H,5,10-13H2,1-4H3,(H,29,33)(H2,25,27,28). The summed E-state index contributed by atoms with van der Waals surface area (Å²) in [6.45, 7) is 4.63. The minimum absolute atomic E-state index is 0.208. The number of nitrogens with one attached hydrogen (secondary N) is 3. The molecule has 0 saturated carbocycles. The van der Waals surface area contributed by atoms with Crippen molar-refractivity contribution in [2.45, 2.75) is 6.92 Å². The van der Waals surface area contributed by atoms with Crippen molar-refractivity contribution < 1.29 is 22.8 Å². The SMILES string of the molecule is CCONC(=O)c1cnc(Nc2ccnn2C)cc1Nc1ccc(N2CCOCC2)cc1N(C)S(C)(=O)=O. The molecule has 4 rings (SSSR count). The van der Waals surface area contributed by atoms with Crippen molar-refractivity contribution in [3.63, 3.8) is 0 Å². The smallest absolute Gasteiger partial charge is 0.278 e. The number of rotatable bonds is 10. The molecule has 0 bridgehead atoms. The Balaban J connectivity index is 1.75. The Kier molecular flexibility index (Phi) is 8.34. The van der Waals surface area contributed by atoms with Crippen LogP contribution in [0.5, 0.6) is 0 Å². The van der Waals surface area contributed by atoms with Gasteiger partial charge in [-0.25, -0.2) is 18.9 Å². The first-order valence-corrected chi connectivity index (χ1v) is 13.9. The first-order chi connectivity index (χ1) is 18.2. The minimum Gasteiger partial charge on any atom is -0.378 e. The molecule has 1 aliphatic rings. The van der Waals surface area contributed by atoms with E-state index < -0.39 is 15.9 Å². The maximum atomic E-state index is 12.9. The quantitative estimate of drug-likeness (QED) is 0.325. The van der Waals surface area contributed by atoms with Crippen LogP contribution in [0, 0.1) is 0 Å². The fraction of sp³-hybridized carbons (Fsp3) is 0.375. The van der Waals surface area contributed by atoms with E-state index in [2.05, 4.69) is 31.1 Å². The zero-order valence-corrected chi connectivity index (χ0v) is 22.6. The number of carbonyl (C=O) groups is 1. The number of benzene rings is 1. The van der Waals surface area contributed by atoms with Crippen molar-refractivity contribution >= 4 is 50.3 Å². The van der Waals surface area contributed by atoms with Crippen LogP contribution in [-0.4, -0.2) is 75.3 Å². The van der Waals surface area contributed by atoms with Crippen LogP contribution >= 0.6 is 0 Å². The van der Waals surface area contributed by atoms with Crippen molar-refractivity contribution in [3.8, 4) is 0 Å².